The number of thiophene rings is 1. The smallest absolute Gasteiger partial charge is 0.264 e. The molecule has 0 aliphatic rings. The van der Waals surface area contributed by atoms with Crippen molar-refractivity contribution >= 4 is 17.2 Å². The van der Waals surface area contributed by atoms with Crippen molar-refractivity contribution in [2.45, 2.75) is 20.0 Å². The highest BCUT2D eigenvalue weighted by molar-refractivity contribution is 7.12. The molecule has 0 unspecified atom stereocenters. The molecule has 0 spiro atoms. The van der Waals surface area contributed by atoms with E-state index in [1.807, 2.05) is 42.2 Å². The number of carbonyl (C=O) groups is 1. The zero-order chi connectivity index (χ0) is 12.3. The van der Waals surface area contributed by atoms with Crippen LogP contribution in [0.1, 0.15) is 22.3 Å². The molecule has 0 aliphatic heterocycles. The third kappa shape index (κ3) is 2.55. The first-order valence-electron chi connectivity index (χ1n) is 5.52. The van der Waals surface area contributed by atoms with Crippen molar-refractivity contribution in [2.75, 3.05) is 7.05 Å². The second-order valence-corrected chi connectivity index (χ2v) is 4.72. The fraction of sp³-hybridized carbons (Fsp3) is 0.333. The molecule has 0 bridgehead atoms. The molecule has 90 valence electrons. The van der Waals surface area contributed by atoms with Gasteiger partial charge in [0.15, 0.2) is 0 Å². The minimum absolute atomic E-state index is 0.0591. The summed E-state index contributed by atoms with van der Waals surface area (Å²) in [5.74, 6) is 0.0591. The number of aryl methyl sites for hydroxylation is 1. The number of hydrogen-bond acceptors (Lipinski definition) is 3. The van der Waals surface area contributed by atoms with Crippen molar-refractivity contribution in [3.8, 4) is 0 Å². The molecular weight excluding hydrogens is 234 g/mol. The van der Waals surface area contributed by atoms with Crippen molar-refractivity contribution < 1.29 is 4.79 Å². The van der Waals surface area contributed by atoms with E-state index >= 15 is 0 Å². The van der Waals surface area contributed by atoms with Gasteiger partial charge in [-0.15, -0.1) is 11.3 Å². The van der Waals surface area contributed by atoms with Gasteiger partial charge in [0, 0.05) is 19.8 Å². The van der Waals surface area contributed by atoms with Crippen LogP contribution in [-0.2, 0) is 13.1 Å². The first kappa shape index (κ1) is 11.9. The zero-order valence-electron chi connectivity index (χ0n) is 9.96. The van der Waals surface area contributed by atoms with E-state index < -0.39 is 0 Å². The predicted octanol–water partition coefficient (Wildman–Crippen LogP) is 2.24. The van der Waals surface area contributed by atoms with Gasteiger partial charge in [0.2, 0.25) is 0 Å². The van der Waals surface area contributed by atoms with E-state index in [4.69, 9.17) is 0 Å². The molecule has 0 aliphatic carbocycles. The number of amides is 1. The lowest BCUT2D eigenvalue weighted by Crippen LogP contribution is -2.26. The number of aromatic nitrogens is 2. The van der Waals surface area contributed by atoms with Gasteiger partial charge < -0.3 is 4.90 Å². The van der Waals surface area contributed by atoms with Crippen molar-refractivity contribution in [3.05, 3.63) is 40.3 Å². The lowest BCUT2D eigenvalue weighted by atomic mass is 10.3. The molecule has 0 fully saturated rings. The molecule has 2 rings (SSSR count). The molecule has 0 saturated carbocycles. The van der Waals surface area contributed by atoms with Crippen molar-refractivity contribution in [1.82, 2.24) is 14.7 Å². The normalized spacial score (nSPS) is 10.5. The standard InChI is InChI=1S/C12H15N3OS/c1-3-15-10(6-7-13-15)9-14(2)12(16)11-5-4-8-17-11/h4-8H,3,9H2,1-2H3. The van der Waals surface area contributed by atoms with E-state index in [1.165, 1.54) is 11.3 Å². The Labute approximate surface area is 104 Å². The zero-order valence-corrected chi connectivity index (χ0v) is 10.8. The maximum atomic E-state index is 12.0. The van der Waals surface area contributed by atoms with Crippen LogP contribution in [0.2, 0.25) is 0 Å². The van der Waals surface area contributed by atoms with Crippen LogP contribution in [0.5, 0.6) is 0 Å². The average molecular weight is 249 g/mol. The largest absolute Gasteiger partial charge is 0.335 e. The van der Waals surface area contributed by atoms with Gasteiger partial charge in [-0.2, -0.15) is 5.10 Å². The van der Waals surface area contributed by atoms with E-state index in [-0.39, 0.29) is 5.91 Å². The number of nitrogens with zero attached hydrogens (tertiary/aromatic N) is 3. The molecule has 0 N–H and O–H groups in total. The third-order valence-corrected chi connectivity index (χ3v) is 3.44. The average Bonchev–Trinajstić information content (AvgIpc) is 2.98. The maximum absolute atomic E-state index is 12.0. The molecule has 0 atom stereocenters. The minimum Gasteiger partial charge on any atom is -0.335 e. The Kier molecular flexibility index (Phi) is 3.58. The van der Waals surface area contributed by atoms with Crippen LogP contribution >= 0.6 is 11.3 Å². The van der Waals surface area contributed by atoms with Crippen LogP contribution in [0.3, 0.4) is 0 Å². The van der Waals surface area contributed by atoms with E-state index in [1.54, 1.807) is 11.1 Å². The Morgan fingerprint density at radius 2 is 2.35 bits per heavy atom. The Hall–Kier alpha value is -1.62. The summed E-state index contributed by atoms with van der Waals surface area (Å²) in [5, 5.41) is 6.11. The van der Waals surface area contributed by atoms with Crippen molar-refractivity contribution in [2.24, 2.45) is 0 Å². The van der Waals surface area contributed by atoms with Crippen LogP contribution in [0.15, 0.2) is 29.8 Å². The molecule has 5 heteroatoms. The molecule has 4 nitrogen and oxygen atoms in total. The van der Waals surface area contributed by atoms with Gasteiger partial charge in [0.25, 0.3) is 5.91 Å². The van der Waals surface area contributed by atoms with Gasteiger partial charge in [-0.3, -0.25) is 9.48 Å². The summed E-state index contributed by atoms with van der Waals surface area (Å²) in [6.45, 7) is 3.45. The molecule has 17 heavy (non-hydrogen) atoms. The molecule has 2 heterocycles. The molecule has 0 radical (unpaired) electrons. The first-order chi connectivity index (χ1) is 8.22. The summed E-state index contributed by atoms with van der Waals surface area (Å²) < 4.78 is 1.90. The highest BCUT2D eigenvalue weighted by Crippen LogP contribution is 2.13. The highest BCUT2D eigenvalue weighted by Gasteiger charge is 2.14. The lowest BCUT2D eigenvalue weighted by Gasteiger charge is -2.16. The maximum Gasteiger partial charge on any atom is 0.264 e. The molecule has 2 aromatic rings. The SMILES string of the molecule is CCn1nccc1CN(C)C(=O)c1cccs1. The molecular formula is C12H15N3OS. The van der Waals surface area contributed by atoms with Crippen LogP contribution in [0.4, 0.5) is 0 Å². The summed E-state index contributed by atoms with van der Waals surface area (Å²) in [4.78, 5) is 14.5. The predicted molar refractivity (Wildman–Crippen MR) is 68.0 cm³/mol. The number of rotatable bonds is 4. The van der Waals surface area contributed by atoms with Crippen LogP contribution in [-0.4, -0.2) is 27.6 Å². The Balaban J connectivity index is 2.07. The summed E-state index contributed by atoms with van der Waals surface area (Å²) >= 11 is 1.47. The van der Waals surface area contributed by atoms with E-state index in [0.717, 1.165) is 17.1 Å². The highest BCUT2D eigenvalue weighted by atomic mass is 32.1. The Morgan fingerprint density at radius 3 is 3.00 bits per heavy atom. The fourth-order valence-electron chi connectivity index (χ4n) is 1.68. The van der Waals surface area contributed by atoms with Gasteiger partial charge in [0.05, 0.1) is 17.1 Å². The van der Waals surface area contributed by atoms with Gasteiger partial charge in [-0.05, 0) is 24.4 Å². The topological polar surface area (TPSA) is 38.1 Å². The number of carbonyl (C=O) groups excluding carboxylic acids is 1. The fourth-order valence-corrected chi connectivity index (χ4v) is 2.40. The Bertz CT molecular complexity index is 490. The molecule has 0 saturated heterocycles. The monoisotopic (exact) mass is 249 g/mol. The number of hydrogen-bond donors (Lipinski definition) is 0. The quantitative estimate of drug-likeness (QED) is 0.833. The summed E-state index contributed by atoms with van der Waals surface area (Å²) in [7, 11) is 1.81. The third-order valence-electron chi connectivity index (χ3n) is 2.58. The second-order valence-electron chi connectivity index (χ2n) is 3.78. The van der Waals surface area contributed by atoms with E-state index in [2.05, 4.69) is 5.10 Å². The lowest BCUT2D eigenvalue weighted by molar-refractivity contribution is 0.0786. The van der Waals surface area contributed by atoms with Crippen LogP contribution in [0, 0.1) is 0 Å². The van der Waals surface area contributed by atoms with Crippen molar-refractivity contribution in [3.63, 3.8) is 0 Å². The van der Waals surface area contributed by atoms with E-state index in [0.29, 0.717) is 6.54 Å². The van der Waals surface area contributed by atoms with Crippen LogP contribution < -0.4 is 0 Å². The van der Waals surface area contributed by atoms with Gasteiger partial charge >= 0.3 is 0 Å². The van der Waals surface area contributed by atoms with Gasteiger partial charge in [-0.1, -0.05) is 6.07 Å². The van der Waals surface area contributed by atoms with Crippen molar-refractivity contribution in [1.29, 1.82) is 0 Å². The minimum atomic E-state index is 0.0591. The first-order valence-corrected chi connectivity index (χ1v) is 6.40. The molecule has 1 amide bonds. The molecule has 2 aromatic heterocycles. The summed E-state index contributed by atoms with van der Waals surface area (Å²) in [5.41, 5.74) is 1.06. The van der Waals surface area contributed by atoms with Gasteiger partial charge in [-0.25, -0.2) is 0 Å². The summed E-state index contributed by atoms with van der Waals surface area (Å²) in [6, 6.07) is 5.68. The Morgan fingerprint density at radius 1 is 1.53 bits per heavy atom. The molecule has 0 aromatic carbocycles. The second kappa shape index (κ2) is 5.14. The van der Waals surface area contributed by atoms with E-state index in [9.17, 15) is 4.79 Å². The van der Waals surface area contributed by atoms with Gasteiger partial charge in [0.1, 0.15) is 0 Å². The van der Waals surface area contributed by atoms with Crippen LogP contribution in [0.25, 0.3) is 0 Å². The summed E-state index contributed by atoms with van der Waals surface area (Å²) in [6.07, 6.45) is 1.77.